The van der Waals surface area contributed by atoms with Gasteiger partial charge >= 0.3 is 0 Å². The lowest BCUT2D eigenvalue weighted by Crippen LogP contribution is -2.50. The fourth-order valence-corrected chi connectivity index (χ4v) is 3.88. The van der Waals surface area contributed by atoms with E-state index in [1.807, 2.05) is 0 Å². The first-order valence-electron chi connectivity index (χ1n) is 7.34. The zero-order chi connectivity index (χ0) is 12.5. The Balaban J connectivity index is 1.57. The van der Waals surface area contributed by atoms with Gasteiger partial charge in [-0.3, -0.25) is 0 Å². The molecule has 4 nitrogen and oxygen atoms in total. The van der Waals surface area contributed by atoms with Crippen molar-refractivity contribution in [1.82, 2.24) is 5.32 Å². The number of nitrogens with one attached hydrogen (secondary N) is 1. The van der Waals surface area contributed by atoms with Crippen molar-refractivity contribution in [3.8, 4) is 0 Å². The summed E-state index contributed by atoms with van der Waals surface area (Å²) in [7, 11) is 0. The third-order valence-electron chi connectivity index (χ3n) is 5.16. The van der Waals surface area contributed by atoms with Crippen LogP contribution in [0, 0.1) is 5.41 Å². The summed E-state index contributed by atoms with van der Waals surface area (Å²) < 4.78 is 10.8. The van der Waals surface area contributed by atoms with Crippen molar-refractivity contribution in [1.29, 1.82) is 0 Å². The largest absolute Gasteiger partial charge is 0.386 e. The molecule has 0 aromatic heterocycles. The van der Waals surface area contributed by atoms with Crippen molar-refractivity contribution in [3.05, 3.63) is 0 Å². The Morgan fingerprint density at radius 1 is 1.06 bits per heavy atom. The lowest BCUT2D eigenvalue weighted by atomic mass is 9.75. The molecule has 3 aliphatic rings. The summed E-state index contributed by atoms with van der Waals surface area (Å²) in [6.07, 6.45) is 7.01. The van der Waals surface area contributed by atoms with Gasteiger partial charge in [0.05, 0.1) is 6.61 Å². The molecule has 0 amide bonds. The molecule has 0 aromatic carbocycles. The van der Waals surface area contributed by atoms with Crippen LogP contribution >= 0.6 is 0 Å². The Bertz CT molecular complexity index is 283. The van der Waals surface area contributed by atoms with Crippen LogP contribution in [-0.4, -0.2) is 49.7 Å². The average molecular weight is 255 g/mol. The Morgan fingerprint density at radius 2 is 1.83 bits per heavy atom. The maximum absolute atomic E-state index is 10.3. The summed E-state index contributed by atoms with van der Waals surface area (Å²) >= 11 is 0. The molecule has 1 saturated carbocycles. The second-order valence-corrected chi connectivity index (χ2v) is 6.33. The van der Waals surface area contributed by atoms with Crippen LogP contribution in [-0.2, 0) is 9.47 Å². The molecule has 18 heavy (non-hydrogen) atoms. The van der Waals surface area contributed by atoms with Gasteiger partial charge in [-0.15, -0.1) is 0 Å². The van der Waals surface area contributed by atoms with Crippen LogP contribution in [0.3, 0.4) is 0 Å². The van der Waals surface area contributed by atoms with E-state index in [1.165, 1.54) is 32.1 Å². The second-order valence-electron chi connectivity index (χ2n) is 6.33. The van der Waals surface area contributed by atoms with Crippen molar-refractivity contribution < 1.29 is 14.6 Å². The Hall–Kier alpha value is -0.160. The summed E-state index contributed by atoms with van der Waals surface area (Å²) in [5.74, 6) is 0. The Labute approximate surface area is 109 Å². The molecule has 2 N–H and O–H groups in total. The Morgan fingerprint density at radius 3 is 2.56 bits per heavy atom. The van der Waals surface area contributed by atoms with E-state index in [2.05, 4.69) is 5.32 Å². The predicted molar refractivity (Wildman–Crippen MR) is 68.5 cm³/mol. The molecule has 3 rings (SSSR count). The highest BCUT2D eigenvalue weighted by Crippen LogP contribution is 2.46. The van der Waals surface area contributed by atoms with E-state index in [0.29, 0.717) is 31.2 Å². The minimum Gasteiger partial charge on any atom is -0.386 e. The second kappa shape index (κ2) is 5.08. The van der Waals surface area contributed by atoms with Gasteiger partial charge in [-0.05, 0) is 31.1 Å². The van der Waals surface area contributed by atoms with E-state index in [4.69, 9.17) is 9.47 Å². The van der Waals surface area contributed by atoms with Gasteiger partial charge < -0.3 is 19.9 Å². The lowest BCUT2D eigenvalue weighted by molar-refractivity contribution is -0.00839. The minimum atomic E-state index is -0.630. The molecule has 2 unspecified atom stereocenters. The molecule has 2 heterocycles. The van der Waals surface area contributed by atoms with E-state index >= 15 is 0 Å². The first-order chi connectivity index (χ1) is 8.73. The number of hydrogen-bond acceptors (Lipinski definition) is 4. The van der Waals surface area contributed by atoms with Crippen LogP contribution in [0.1, 0.15) is 38.5 Å². The van der Waals surface area contributed by atoms with Crippen LogP contribution in [0.5, 0.6) is 0 Å². The van der Waals surface area contributed by atoms with Gasteiger partial charge in [-0.2, -0.15) is 0 Å². The van der Waals surface area contributed by atoms with Gasteiger partial charge in [0.1, 0.15) is 5.60 Å². The van der Waals surface area contributed by atoms with Crippen molar-refractivity contribution in [3.63, 3.8) is 0 Å². The SMILES string of the molecule is OC1(CNC2CCCC23CCOCC3)CCOC1. The molecule has 1 spiro atoms. The topological polar surface area (TPSA) is 50.7 Å². The van der Waals surface area contributed by atoms with Crippen LogP contribution in [0.2, 0.25) is 0 Å². The predicted octanol–water partition coefficient (Wildman–Crippen LogP) is 1.08. The van der Waals surface area contributed by atoms with E-state index < -0.39 is 5.60 Å². The summed E-state index contributed by atoms with van der Waals surface area (Å²) in [4.78, 5) is 0. The number of ether oxygens (including phenoxy) is 2. The van der Waals surface area contributed by atoms with Gasteiger partial charge in [0.2, 0.25) is 0 Å². The highest BCUT2D eigenvalue weighted by Gasteiger charge is 2.44. The molecule has 0 radical (unpaired) electrons. The summed E-state index contributed by atoms with van der Waals surface area (Å²) in [5, 5.41) is 14.0. The van der Waals surface area contributed by atoms with Crippen LogP contribution in [0.15, 0.2) is 0 Å². The monoisotopic (exact) mass is 255 g/mol. The van der Waals surface area contributed by atoms with Gasteiger partial charge in [0.25, 0.3) is 0 Å². The maximum Gasteiger partial charge on any atom is 0.102 e. The van der Waals surface area contributed by atoms with E-state index in [1.54, 1.807) is 0 Å². The highest BCUT2D eigenvalue weighted by molar-refractivity contribution is 4.99. The number of rotatable bonds is 3. The van der Waals surface area contributed by atoms with Crippen molar-refractivity contribution >= 4 is 0 Å². The first kappa shape index (κ1) is 12.9. The van der Waals surface area contributed by atoms with E-state index in [9.17, 15) is 5.11 Å². The lowest BCUT2D eigenvalue weighted by Gasteiger charge is -2.40. The molecule has 2 aliphatic heterocycles. The quantitative estimate of drug-likeness (QED) is 0.792. The van der Waals surface area contributed by atoms with Crippen LogP contribution in [0.25, 0.3) is 0 Å². The summed E-state index contributed by atoms with van der Waals surface area (Å²) in [6, 6.07) is 0.561. The maximum atomic E-state index is 10.3. The molecule has 2 saturated heterocycles. The minimum absolute atomic E-state index is 0.439. The number of aliphatic hydroxyl groups is 1. The first-order valence-corrected chi connectivity index (χ1v) is 7.34. The Kier molecular flexibility index (Phi) is 3.63. The molecule has 1 aliphatic carbocycles. The van der Waals surface area contributed by atoms with Crippen molar-refractivity contribution in [2.75, 3.05) is 33.0 Å². The molecule has 2 atom stereocenters. The smallest absolute Gasteiger partial charge is 0.102 e. The zero-order valence-electron chi connectivity index (χ0n) is 11.1. The zero-order valence-corrected chi connectivity index (χ0v) is 11.1. The summed E-state index contributed by atoms with van der Waals surface area (Å²) in [6.45, 7) is 3.68. The van der Waals surface area contributed by atoms with Crippen molar-refractivity contribution in [2.24, 2.45) is 5.41 Å². The third-order valence-corrected chi connectivity index (χ3v) is 5.16. The summed E-state index contributed by atoms with van der Waals surface area (Å²) in [5.41, 5.74) is -0.191. The van der Waals surface area contributed by atoms with Crippen molar-refractivity contribution in [2.45, 2.75) is 50.2 Å². The van der Waals surface area contributed by atoms with Gasteiger partial charge in [-0.1, -0.05) is 6.42 Å². The van der Waals surface area contributed by atoms with E-state index in [0.717, 1.165) is 19.6 Å². The van der Waals surface area contributed by atoms with E-state index in [-0.39, 0.29) is 0 Å². The average Bonchev–Trinajstić information content (AvgIpc) is 2.96. The highest BCUT2D eigenvalue weighted by atomic mass is 16.5. The number of hydrogen-bond donors (Lipinski definition) is 2. The van der Waals surface area contributed by atoms with Gasteiger partial charge in [0.15, 0.2) is 0 Å². The fraction of sp³-hybridized carbons (Fsp3) is 1.00. The fourth-order valence-electron chi connectivity index (χ4n) is 3.88. The molecule has 3 fully saturated rings. The molecule has 4 heteroatoms. The van der Waals surface area contributed by atoms with Crippen LogP contribution < -0.4 is 5.32 Å². The standard InChI is InChI=1S/C14H25NO3/c16-14(6-9-18-11-14)10-15-12-2-1-3-13(12)4-7-17-8-5-13/h12,15-16H,1-11H2. The van der Waals surface area contributed by atoms with Gasteiger partial charge in [-0.25, -0.2) is 0 Å². The normalized spacial score (nSPS) is 39.5. The molecule has 0 aromatic rings. The van der Waals surface area contributed by atoms with Crippen LogP contribution in [0.4, 0.5) is 0 Å². The van der Waals surface area contributed by atoms with Gasteiger partial charge in [0, 0.05) is 38.8 Å². The molecular weight excluding hydrogens is 230 g/mol. The molecule has 0 bridgehead atoms. The molecular formula is C14H25NO3. The third kappa shape index (κ3) is 2.44. The molecule has 104 valence electrons.